The molecule has 2 fully saturated rings. The van der Waals surface area contributed by atoms with Crippen molar-refractivity contribution in [3.05, 3.63) is 35.6 Å². The number of rotatable bonds is 5. The lowest BCUT2D eigenvalue weighted by Gasteiger charge is -2.39. The zero-order valence-electron chi connectivity index (χ0n) is 15.6. The second-order valence-corrected chi connectivity index (χ2v) is 8.58. The van der Waals surface area contributed by atoms with Crippen LogP contribution >= 0.6 is 0 Å². The molecule has 1 atom stereocenters. The molecule has 1 aromatic rings. The maximum Gasteiger partial charge on any atom is 0.123 e. The number of halogens is 1. The molecule has 1 aromatic carbocycles. The van der Waals surface area contributed by atoms with E-state index < -0.39 is 0 Å². The molecule has 134 valence electrons. The van der Waals surface area contributed by atoms with Gasteiger partial charge in [-0.15, -0.1) is 0 Å². The lowest BCUT2D eigenvalue weighted by molar-refractivity contribution is 0.137. The maximum atomic E-state index is 13.1. The Kier molecular flexibility index (Phi) is 6.36. The van der Waals surface area contributed by atoms with Gasteiger partial charge < -0.3 is 0 Å². The Morgan fingerprint density at radius 2 is 1.42 bits per heavy atom. The maximum absolute atomic E-state index is 13.1. The molecule has 0 heterocycles. The molecule has 0 bridgehead atoms. The van der Waals surface area contributed by atoms with Crippen LogP contribution in [0.1, 0.15) is 89.5 Å². The quantitative estimate of drug-likeness (QED) is 0.529. The van der Waals surface area contributed by atoms with Crippen molar-refractivity contribution >= 4 is 0 Å². The van der Waals surface area contributed by atoms with E-state index in [0.29, 0.717) is 5.92 Å². The summed E-state index contributed by atoms with van der Waals surface area (Å²) in [6.07, 6.45) is 14.4. The van der Waals surface area contributed by atoms with Gasteiger partial charge in [0.15, 0.2) is 0 Å². The average molecular weight is 331 g/mol. The van der Waals surface area contributed by atoms with Crippen molar-refractivity contribution in [3.8, 4) is 0 Å². The Morgan fingerprint density at radius 3 is 1.96 bits per heavy atom. The Morgan fingerprint density at radius 1 is 0.875 bits per heavy atom. The number of hydrogen-bond acceptors (Lipinski definition) is 0. The van der Waals surface area contributed by atoms with Crippen LogP contribution < -0.4 is 0 Å². The number of hydrogen-bond donors (Lipinski definition) is 0. The summed E-state index contributed by atoms with van der Waals surface area (Å²) in [5.74, 6) is 4.29. The third-order valence-electron chi connectivity index (χ3n) is 7.17. The van der Waals surface area contributed by atoms with Crippen molar-refractivity contribution in [1.29, 1.82) is 0 Å². The van der Waals surface area contributed by atoms with Gasteiger partial charge in [0.25, 0.3) is 0 Å². The van der Waals surface area contributed by atoms with Gasteiger partial charge in [0.2, 0.25) is 0 Å². The molecular weight excluding hydrogens is 295 g/mol. The van der Waals surface area contributed by atoms with Gasteiger partial charge in [-0.2, -0.15) is 0 Å². The predicted octanol–water partition coefficient (Wildman–Crippen LogP) is 7.34. The first-order chi connectivity index (χ1) is 11.7. The highest BCUT2D eigenvalue weighted by molar-refractivity contribution is 5.20. The highest BCUT2D eigenvalue weighted by atomic mass is 19.1. The SMILES string of the molecule is CCCC1CCC(C2CCC(C(C)c3ccc(F)cc3)CC2)CC1. The lowest BCUT2D eigenvalue weighted by atomic mass is 9.66. The highest BCUT2D eigenvalue weighted by Crippen LogP contribution is 2.45. The summed E-state index contributed by atoms with van der Waals surface area (Å²) in [6, 6.07) is 7.21. The average Bonchev–Trinajstić information content (AvgIpc) is 2.63. The monoisotopic (exact) mass is 330 g/mol. The summed E-state index contributed by atoms with van der Waals surface area (Å²) < 4.78 is 13.1. The molecule has 0 radical (unpaired) electrons. The Labute approximate surface area is 148 Å². The van der Waals surface area contributed by atoms with Crippen molar-refractivity contribution in [2.75, 3.05) is 0 Å². The van der Waals surface area contributed by atoms with Crippen molar-refractivity contribution in [2.24, 2.45) is 23.7 Å². The van der Waals surface area contributed by atoms with E-state index in [1.165, 1.54) is 69.8 Å². The summed E-state index contributed by atoms with van der Waals surface area (Å²) in [7, 11) is 0. The van der Waals surface area contributed by atoms with Crippen LogP contribution in [0.15, 0.2) is 24.3 Å². The molecule has 1 unspecified atom stereocenters. The van der Waals surface area contributed by atoms with Gasteiger partial charge in [0, 0.05) is 0 Å². The molecule has 0 aromatic heterocycles. The first kappa shape index (κ1) is 18.0. The lowest BCUT2D eigenvalue weighted by Crippen LogP contribution is -2.27. The summed E-state index contributed by atoms with van der Waals surface area (Å²) in [5.41, 5.74) is 1.32. The van der Waals surface area contributed by atoms with Crippen LogP contribution in [0.2, 0.25) is 0 Å². The molecule has 2 aliphatic rings. The van der Waals surface area contributed by atoms with Gasteiger partial charge in [-0.1, -0.05) is 51.7 Å². The zero-order valence-corrected chi connectivity index (χ0v) is 15.6. The minimum absolute atomic E-state index is 0.117. The van der Waals surface area contributed by atoms with Gasteiger partial charge in [-0.25, -0.2) is 4.39 Å². The van der Waals surface area contributed by atoms with E-state index in [9.17, 15) is 4.39 Å². The second kappa shape index (κ2) is 8.50. The molecule has 0 nitrogen and oxygen atoms in total. The third-order valence-corrected chi connectivity index (χ3v) is 7.17. The second-order valence-electron chi connectivity index (χ2n) is 8.58. The molecule has 0 spiro atoms. The van der Waals surface area contributed by atoms with Crippen LogP contribution in [0.4, 0.5) is 4.39 Å². The largest absolute Gasteiger partial charge is 0.207 e. The van der Waals surface area contributed by atoms with E-state index in [0.717, 1.165) is 23.7 Å². The Balaban J connectivity index is 1.46. The van der Waals surface area contributed by atoms with E-state index >= 15 is 0 Å². The molecule has 3 rings (SSSR count). The van der Waals surface area contributed by atoms with Crippen molar-refractivity contribution in [3.63, 3.8) is 0 Å². The molecule has 0 amide bonds. The minimum Gasteiger partial charge on any atom is -0.207 e. The molecule has 0 N–H and O–H groups in total. The molecule has 0 saturated heterocycles. The van der Waals surface area contributed by atoms with Crippen LogP contribution in [-0.4, -0.2) is 0 Å². The van der Waals surface area contributed by atoms with Gasteiger partial charge >= 0.3 is 0 Å². The molecule has 2 aliphatic carbocycles. The van der Waals surface area contributed by atoms with Crippen molar-refractivity contribution in [1.82, 2.24) is 0 Å². The predicted molar refractivity (Wildman–Crippen MR) is 101 cm³/mol. The summed E-state index contributed by atoms with van der Waals surface area (Å²) in [5, 5.41) is 0. The van der Waals surface area contributed by atoms with Crippen molar-refractivity contribution in [2.45, 2.75) is 84.0 Å². The molecule has 2 saturated carbocycles. The normalized spacial score (nSPS) is 32.5. The third kappa shape index (κ3) is 4.41. The van der Waals surface area contributed by atoms with E-state index in [-0.39, 0.29) is 5.82 Å². The van der Waals surface area contributed by atoms with Gasteiger partial charge in [-0.05, 0) is 85.8 Å². The van der Waals surface area contributed by atoms with Gasteiger partial charge in [-0.3, -0.25) is 0 Å². The van der Waals surface area contributed by atoms with E-state index in [1.54, 1.807) is 12.1 Å². The highest BCUT2D eigenvalue weighted by Gasteiger charge is 2.32. The summed E-state index contributed by atoms with van der Waals surface area (Å²) in [6.45, 7) is 4.67. The first-order valence-electron chi connectivity index (χ1n) is 10.4. The molecule has 0 aliphatic heterocycles. The van der Waals surface area contributed by atoms with Gasteiger partial charge in [0.05, 0.1) is 0 Å². The van der Waals surface area contributed by atoms with Crippen LogP contribution in [0, 0.1) is 29.5 Å². The zero-order chi connectivity index (χ0) is 16.9. The van der Waals surface area contributed by atoms with E-state index in [1.807, 2.05) is 12.1 Å². The van der Waals surface area contributed by atoms with Crippen LogP contribution in [0.3, 0.4) is 0 Å². The van der Waals surface area contributed by atoms with Crippen molar-refractivity contribution < 1.29 is 4.39 Å². The summed E-state index contributed by atoms with van der Waals surface area (Å²) >= 11 is 0. The summed E-state index contributed by atoms with van der Waals surface area (Å²) in [4.78, 5) is 0. The topological polar surface area (TPSA) is 0 Å². The van der Waals surface area contributed by atoms with Crippen LogP contribution in [0.25, 0.3) is 0 Å². The minimum atomic E-state index is -0.117. The first-order valence-corrected chi connectivity index (χ1v) is 10.4. The van der Waals surface area contributed by atoms with Crippen LogP contribution in [-0.2, 0) is 0 Å². The molecular formula is C23H35F. The fourth-order valence-corrected chi connectivity index (χ4v) is 5.51. The standard InChI is InChI=1S/C23H35F/c1-3-4-18-5-7-21(8-6-18)22-11-9-19(10-12-22)17(2)20-13-15-23(24)16-14-20/h13-19,21-22H,3-12H2,1-2H3. The van der Waals surface area contributed by atoms with Gasteiger partial charge in [0.1, 0.15) is 5.82 Å². The van der Waals surface area contributed by atoms with E-state index in [4.69, 9.17) is 0 Å². The van der Waals surface area contributed by atoms with Crippen LogP contribution in [0.5, 0.6) is 0 Å². The van der Waals surface area contributed by atoms with E-state index in [2.05, 4.69) is 13.8 Å². The Hall–Kier alpha value is -0.850. The molecule has 1 heteroatoms. The fourth-order valence-electron chi connectivity index (χ4n) is 5.51. The Bertz CT molecular complexity index is 475. The molecule has 24 heavy (non-hydrogen) atoms. The number of benzene rings is 1. The smallest absolute Gasteiger partial charge is 0.123 e. The fraction of sp³-hybridized carbons (Fsp3) is 0.739.